The molecule has 5 nitrogen and oxygen atoms in total. The Hall–Kier alpha value is -1.17. The highest BCUT2D eigenvalue weighted by molar-refractivity contribution is 5.76. The van der Waals surface area contributed by atoms with Crippen molar-refractivity contribution in [2.45, 2.75) is 283 Å². The smallest absolute Gasteiger partial charge is 0.220 e. The van der Waals surface area contributed by atoms with E-state index in [0.717, 1.165) is 44.9 Å². The summed E-state index contributed by atoms with van der Waals surface area (Å²) < 4.78 is 0. The second-order valence-corrected chi connectivity index (χ2v) is 17.0. The fourth-order valence-electron chi connectivity index (χ4n) is 7.72. The third kappa shape index (κ3) is 40.8. The Kier molecular flexibility index (Phi) is 44.6. The van der Waals surface area contributed by atoms with Crippen molar-refractivity contribution in [3.05, 3.63) is 24.3 Å². The van der Waals surface area contributed by atoms with Gasteiger partial charge in [0.15, 0.2) is 0 Å². The lowest BCUT2D eigenvalue weighted by atomic mass is 9.99. The van der Waals surface area contributed by atoms with Gasteiger partial charge in [0, 0.05) is 6.42 Å². The zero-order valence-corrected chi connectivity index (χ0v) is 37.1. The van der Waals surface area contributed by atoms with Crippen LogP contribution in [0.15, 0.2) is 24.3 Å². The number of carbonyl (C=O) groups is 1. The number of allylic oxidation sites excluding steroid dienone is 4. The van der Waals surface area contributed by atoms with Gasteiger partial charge in [0.2, 0.25) is 5.91 Å². The van der Waals surface area contributed by atoms with Gasteiger partial charge in [-0.1, -0.05) is 237 Å². The van der Waals surface area contributed by atoms with E-state index in [2.05, 4.69) is 43.5 Å². The number of hydrogen-bond donors (Lipinski definition) is 4. The van der Waals surface area contributed by atoms with Gasteiger partial charge in [-0.05, 0) is 44.9 Å². The van der Waals surface area contributed by atoms with Crippen molar-refractivity contribution in [1.82, 2.24) is 5.32 Å². The van der Waals surface area contributed by atoms with Gasteiger partial charge in [-0.3, -0.25) is 4.79 Å². The van der Waals surface area contributed by atoms with E-state index in [1.54, 1.807) is 0 Å². The fourth-order valence-corrected chi connectivity index (χ4v) is 7.72. The first kappa shape index (κ1) is 53.8. The molecule has 0 aromatic carbocycles. The van der Waals surface area contributed by atoms with Crippen LogP contribution in [0.25, 0.3) is 0 Å². The molecule has 5 heteroatoms. The first-order valence-corrected chi connectivity index (χ1v) is 24.6. The molecule has 0 aliphatic heterocycles. The summed E-state index contributed by atoms with van der Waals surface area (Å²) in [6, 6.07) is -0.804. The summed E-state index contributed by atoms with van der Waals surface area (Å²) in [5.74, 6) is -0.144. The van der Waals surface area contributed by atoms with Crippen LogP contribution >= 0.6 is 0 Å². The summed E-state index contributed by atoms with van der Waals surface area (Å²) in [6.45, 7) is 4.15. The van der Waals surface area contributed by atoms with E-state index in [4.69, 9.17) is 0 Å². The number of carbonyl (C=O) groups excluding carboxylic acids is 1. The molecule has 0 radical (unpaired) electrons. The second-order valence-electron chi connectivity index (χ2n) is 17.0. The van der Waals surface area contributed by atoms with Gasteiger partial charge in [-0.25, -0.2) is 0 Å². The first-order valence-electron chi connectivity index (χ1n) is 24.6. The zero-order valence-electron chi connectivity index (χ0n) is 37.1. The van der Waals surface area contributed by atoms with Crippen molar-refractivity contribution in [3.8, 4) is 0 Å². The highest BCUT2D eigenvalue weighted by Crippen LogP contribution is 2.17. The Morgan fingerprint density at radius 2 is 0.782 bits per heavy atom. The summed E-state index contributed by atoms with van der Waals surface area (Å²) in [6.07, 6.45) is 56.2. The Balaban J connectivity index is 3.45. The summed E-state index contributed by atoms with van der Waals surface area (Å²) in [7, 11) is 0. The molecule has 326 valence electrons. The SMILES string of the molecule is CCCCCCCCCCC/C=C\C/C=C\CCCCCCCCCCCCCCCCCCCC(=O)NC(CO)C(O)C(O)CCCCCCCCCC. The lowest BCUT2D eigenvalue weighted by Crippen LogP contribution is -2.50. The minimum atomic E-state index is -1.13. The lowest BCUT2D eigenvalue weighted by Gasteiger charge is -2.26. The Morgan fingerprint density at radius 1 is 0.455 bits per heavy atom. The molecule has 0 bridgehead atoms. The van der Waals surface area contributed by atoms with Crippen LogP contribution in [-0.4, -0.2) is 46.1 Å². The zero-order chi connectivity index (χ0) is 40.1. The topological polar surface area (TPSA) is 89.8 Å². The molecule has 0 aromatic heterocycles. The van der Waals surface area contributed by atoms with Crippen molar-refractivity contribution in [2.75, 3.05) is 6.61 Å². The number of rotatable bonds is 45. The van der Waals surface area contributed by atoms with Gasteiger partial charge in [-0.2, -0.15) is 0 Å². The monoisotopic (exact) mass is 776 g/mol. The van der Waals surface area contributed by atoms with E-state index in [-0.39, 0.29) is 12.5 Å². The molecule has 4 N–H and O–H groups in total. The summed E-state index contributed by atoms with van der Waals surface area (Å²) >= 11 is 0. The predicted molar refractivity (Wildman–Crippen MR) is 241 cm³/mol. The third-order valence-corrected chi connectivity index (χ3v) is 11.6. The molecule has 0 saturated heterocycles. The molecule has 55 heavy (non-hydrogen) atoms. The summed E-state index contributed by atoms with van der Waals surface area (Å²) in [5.41, 5.74) is 0. The van der Waals surface area contributed by atoms with E-state index in [0.29, 0.717) is 12.8 Å². The van der Waals surface area contributed by atoms with Crippen LogP contribution < -0.4 is 5.32 Å². The molecule has 3 unspecified atom stereocenters. The van der Waals surface area contributed by atoms with Crippen molar-refractivity contribution >= 4 is 5.91 Å². The highest BCUT2D eigenvalue weighted by Gasteiger charge is 2.26. The van der Waals surface area contributed by atoms with Gasteiger partial charge in [0.05, 0.1) is 18.8 Å². The van der Waals surface area contributed by atoms with Gasteiger partial charge in [0.1, 0.15) is 6.10 Å². The van der Waals surface area contributed by atoms with Crippen molar-refractivity contribution in [1.29, 1.82) is 0 Å². The maximum atomic E-state index is 12.4. The molecule has 0 rings (SSSR count). The molecular weight excluding hydrogens is 679 g/mol. The molecule has 0 fully saturated rings. The average molecular weight is 776 g/mol. The number of aliphatic hydroxyl groups is 3. The number of aliphatic hydroxyl groups excluding tert-OH is 3. The van der Waals surface area contributed by atoms with E-state index in [9.17, 15) is 20.1 Å². The standard InChI is InChI=1S/C50H97NO4/c1-3-5-7-9-11-13-14-15-16-17-18-19-20-21-22-23-24-25-26-27-28-29-30-31-32-33-34-35-36-37-39-41-43-45-49(54)51-47(46-52)50(55)48(53)44-42-40-38-12-10-8-6-4-2/h18-19,21-22,47-48,50,52-53,55H,3-17,20,23-46H2,1-2H3,(H,51,54)/b19-18-,22-21-. The van der Waals surface area contributed by atoms with Crippen molar-refractivity contribution in [2.24, 2.45) is 0 Å². The molecule has 0 aliphatic carbocycles. The molecular formula is C50H97NO4. The van der Waals surface area contributed by atoms with E-state index in [1.807, 2.05) is 0 Å². The Bertz CT molecular complexity index is 814. The Morgan fingerprint density at radius 3 is 1.15 bits per heavy atom. The van der Waals surface area contributed by atoms with Crippen LogP contribution in [0.4, 0.5) is 0 Å². The largest absolute Gasteiger partial charge is 0.394 e. The molecule has 0 aliphatic rings. The van der Waals surface area contributed by atoms with Crippen LogP contribution in [0.1, 0.15) is 264 Å². The van der Waals surface area contributed by atoms with Crippen molar-refractivity contribution in [3.63, 3.8) is 0 Å². The van der Waals surface area contributed by atoms with Crippen LogP contribution in [0.2, 0.25) is 0 Å². The van der Waals surface area contributed by atoms with E-state index in [1.165, 1.54) is 193 Å². The molecule has 0 saturated carbocycles. The van der Waals surface area contributed by atoms with Crippen molar-refractivity contribution < 1.29 is 20.1 Å². The molecule has 0 heterocycles. The minimum Gasteiger partial charge on any atom is -0.394 e. The predicted octanol–water partition coefficient (Wildman–Crippen LogP) is 14.6. The highest BCUT2D eigenvalue weighted by atomic mass is 16.3. The quantitative estimate of drug-likeness (QED) is 0.0366. The van der Waals surface area contributed by atoms with Crippen LogP contribution in [0, 0.1) is 0 Å². The number of hydrogen-bond acceptors (Lipinski definition) is 4. The summed E-state index contributed by atoms with van der Waals surface area (Å²) in [4.78, 5) is 12.4. The summed E-state index contributed by atoms with van der Waals surface area (Å²) in [5, 5.41) is 33.3. The van der Waals surface area contributed by atoms with Gasteiger partial charge in [0.25, 0.3) is 0 Å². The van der Waals surface area contributed by atoms with Gasteiger partial charge in [-0.15, -0.1) is 0 Å². The fraction of sp³-hybridized carbons (Fsp3) is 0.900. The minimum absolute atomic E-state index is 0.144. The molecule has 0 spiro atoms. The number of nitrogens with one attached hydrogen (secondary N) is 1. The van der Waals surface area contributed by atoms with Crippen LogP contribution in [0.5, 0.6) is 0 Å². The van der Waals surface area contributed by atoms with Gasteiger partial charge >= 0.3 is 0 Å². The lowest BCUT2D eigenvalue weighted by molar-refractivity contribution is -0.124. The first-order chi connectivity index (χ1) is 27.1. The van der Waals surface area contributed by atoms with Gasteiger partial charge < -0.3 is 20.6 Å². The number of amides is 1. The average Bonchev–Trinajstić information content (AvgIpc) is 3.19. The van der Waals surface area contributed by atoms with E-state index >= 15 is 0 Å². The van der Waals surface area contributed by atoms with Crippen LogP contribution in [-0.2, 0) is 4.79 Å². The Labute approximate surface area is 343 Å². The molecule has 0 aromatic rings. The van der Waals surface area contributed by atoms with E-state index < -0.39 is 18.2 Å². The van der Waals surface area contributed by atoms with Crippen LogP contribution in [0.3, 0.4) is 0 Å². The molecule has 1 amide bonds. The normalized spacial score (nSPS) is 13.6. The molecule has 3 atom stereocenters. The third-order valence-electron chi connectivity index (χ3n) is 11.6. The maximum Gasteiger partial charge on any atom is 0.220 e. The second kappa shape index (κ2) is 45.5. The number of unbranched alkanes of at least 4 members (excludes halogenated alkanes) is 33. The maximum absolute atomic E-state index is 12.4.